The van der Waals surface area contributed by atoms with Gasteiger partial charge in [0, 0.05) is 11.6 Å². The molecule has 0 aromatic carbocycles. The van der Waals surface area contributed by atoms with E-state index >= 15 is 0 Å². The minimum atomic E-state index is -0.0770. The molecule has 1 aliphatic carbocycles. The van der Waals surface area contributed by atoms with Gasteiger partial charge in [-0.05, 0) is 24.5 Å². The first-order valence-electron chi connectivity index (χ1n) is 5.85. The summed E-state index contributed by atoms with van der Waals surface area (Å²) in [7, 11) is 0. The molecule has 0 aromatic heterocycles. The zero-order valence-corrected chi connectivity index (χ0v) is 9.48. The Kier molecular flexibility index (Phi) is 2.63. The Morgan fingerprint density at radius 2 is 2.35 bits per heavy atom. The molecule has 0 amide bonds. The molecule has 0 bridgehead atoms. The zero-order valence-electron chi connectivity index (χ0n) is 9.48. The Balaban J connectivity index is 1.65. The Morgan fingerprint density at radius 1 is 1.47 bits per heavy atom. The molecule has 2 heterocycles. The first kappa shape index (κ1) is 10.4. The highest BCUT2D eigenvalue weighted by Crippen LogP contribution is 2.31. The number of ether oxygens (including phenoxy) is 3. The van der Waals surface area contributed by atoms with E-state index in [-0.39, 0.29) is 11.9 Å². The number of hydrogen-bond donors (Lipinski definition) is 0. The number of allylic oxidation sites excluding steroid dienone is 1. The van der Waals surface area contributed by atoms with Gasteiger partial charge in [-0.25, -0.2) is 0 Å². The fourth-order valence-corrected chi connectivity index (χ4v) is 1.89. The smallest absolute Gasteiger partial charge is 0.309 e. The van der Waals surface area contributed by atoms with E-state index in [0.717, 1.165) is 29.7 Å². The normalized spacial score (nSPS) is 22.2. The lowest BCUT2D eigenvalue weighted by Gasteiger charge is -2.23. The van der Waals surface area contributed by atoms with Gasteiger partial charge in [-0.2, -0.15) is 0 Å². The second-order valence-electron chi connectivity index (χ2n) is 4.38. The van der Waals surface area contributed by atoms with E-state index in [1.165, 1.54) is 0 Å². The van der Waals surface area contributed by atoms with Gasteiger partial charge in [0.05, 0.1) is 12.2 Å². The molecular formula is C13H14O4. The molecule has 0 aromatic rings. The van der Waals surface area contributed by atoms with E-state index in [9.17, 15) is 4.79 Å². The van der Waals surface area contributed by atoms with Crippen molar-refractivity contribution >= 4 is 5.97 Å². The molecule has 0 saturated heterocycles. The van der Waals surface area contributed by atoms with Crippen LogP contribution in [0.5, 0.6) is 0 Å². The molecule has 90 valence electrons. The van der Waals surface area contributed by atoms with Crippen LogP contribution in [0.2, 0.25) is 0 Å². The fraction of sp³-hybridized carbons (Fsp3) is 0.462. The van der Waals surface area contributed by atoms with Gasteiger partial charge in [-0.1, -0.05) is 0 Å². The molecule has 1 fully saturated rings. The van der Waals surface area contributed by atoms with Gasteiger partial charge in [0.25, 0.3) is 0 Å². The Labute approximate surface area is 99.5 Å². The first-order valence-corrected chi connectivity index (χ1v) is 5.85. The van der Waals surface area contributed by atoms with E-state index in [0.29, 0.717) is 19.8 Å². The molecule has 3 aliphatic rings. The second kappa shape index (κ2) is 4.28. The molecule has 17 heavy (non-hydrogen) atoms. The van der Waals surface area contributed by atoms with Crippen molar-refractivity contribution in [3.05, 3.63) is 35.3 Å². The van der Waals surface area contributed by atoms with Crippen LogP contribution in [0.4, 0.5) is 0 Å². The average Bonchev–Trinajstić information content (AvgIpc) is 3.20. The minimum Gasteiger partial charge on any atom is -0.496 e. The Morgan fingerprint density at radius 3 is 3.18 bits per heavy atom. The van der Waals surface area contributed by atoms with Crippen molar-refractivity contribution in [2.45, 2.75) is 12.8 Å². The molecule has 0 atom stereocenters. The van der Waals surface area contributed by atoms with E-state index in [1.54, 1.807) is 12.3 Å². The second-order valence-corrected chi connectivity index (χ2v) is 4.38. The van der Waals surface area contributed by atoms with Crippen LogP contribution in [0.15, 0.2) is 35.3 Å². The Bertz CT molecular complexity index is 427. The van der Waals surface area contributed by atoms with Gasteiger partial charge in [0.1, 0.15) is 25.6 Å². The van der Waals surface area contributed by atoms with Crippen molar-refractivity contribution in [2.75, 3.05) is 19.8 Å². The number of esters is 1. The predicted molar refractivity (Wildman–Crippen MR) is 59.8 cm³/mol. The number of carbonyl (C=O) groups is 1. The summed E-state index contributed by atoms with van der Waals surface area (Å²) in [6, 6.07) is 0. The van der Waals surface area contributed by atoms with Crippen LogP contribution in [0.1, 0.15) is 12.8 Å². The van der Waals surface area contributed by atoms with Crippen molar-refractivity contribution in [3.8, 4) is 0 Å². The highest BCUT2D eigenvalue weighted by atomic mass is 16.5. The van der Waals surface area contributed by atoms with Crippen molar-refractivity contribution in [1.29, 1.82) is 0 Å². The van der Waals surface area contributed by atoms with Crippen LogP contribution in [0, 0.1) is 5.92 Å². The summed E-state index contributed by atoms with van der Waals surface area (Å²) < 4.78 is 16.0. The Hall–Kier alpha value is -1.71. The molecule has 1 saturated carbocycles. The van der Waals surface area contributed by atoms with Crippen LogP contribution in [-0.2, 0) is 19.0 Å². The molecule has 0 unspecified atom stereocenters. The molecule has 0 spiro atoms. The monoisotopic (exact) mass is 234 g/mol. The summed E-state index contributed by atoms with van der Waals surface area (Å²) in [6.45, 7) is 1.34. The summed E-state index contributed by atoms with van der Waals surface area (Å²) in [4.78, 5) is 11.5. The van der Waals surface area contributed by atoms with Gasteiger partial charge in [-0.15, -0.1) is 0 Å². The third kappa shape index (κ3) is 2.20. The number of rotatable bonds is 3. The molecule has 4 heteroatoms. The van der Waals surface area contributed by atoms with Crippen molar-refractivity contribution < 1.29 is 19.0 Å². The van der Waals surface area contributed by atoms with Gasteiger partial charge >= 0.3 is 5.97 Å². The van der Waals surface area contributed by atoms with E-state index in [2.05, 4.69) is 0 Å². The highest BCUT2D eigenvalue weighted by Gasteiger charge is 2.31. The summed E-state index contributed by atoms with van der Waals surface area (Å²) in [5.41, 5.74) is 1.99. The SMILES string of the molecule is O=C(OCC1=CCOC2=C1COC=C2)C1CC1. The van der Waals surface area contributed by atoms with Crippen molar-refractivity contribution in [2.24, 2.45) is 5.92 Å². The van der Waals surface area contributed by atoms with Gasteiger partial charge in [0.2, 0.25) is 0 Å². The lowest BCUT2D eigenvalue weighted by molar-refractivity contribution is -0.144. The fourth-order valence-electron chi connectivity index (χ4n) is 1.89. The quantitative estimate of drug-likeness (QED) is 0.697. The lowest BCUT2D eigenvalue weighted by atomic mass is 10.0. The van der Waals surface area contributed by atoms with E-state index in [1.807, 2.05) is 6.08 Å². The van der Waals surface area contributed by atoms with Gasteiger partial charge in [-0.3, -0.25) is 4.79 Å². The minimum absolute atomic E-state index is 0.0770. The van der Waals surface area contributed by atoms with E-state index < -0.39 is 0 Å². The van der Waals surface area contributed by atoms with Crippen LogP contribution in [0.3, 0.4) is 0 Å². The predicted octanol–water partition coefficient (Wildman–Crippen LogP) is 1.69. The third-order valence-corrected chi connectivity index (χ3v) is 3.08. The van der Waals surface area contributed by atoms with Gasteiger partial charge < -0.3 is 14.2 Å². The molecule has 0 N–H and O–H groups in total. The largest absolute Gasteiger partial charge is 0.496 e. The summed E-state index contributed by atoms with van der Waals surface area (Å²) in [5.74, 6) is 0.898. The highest BCUT2D eigenvalue weighted by molar-refractivity contribution is 5.75. The average molecular weight is 234 g/mol. The van der Waals surface area contributed by atoms with Crippen molar-refractivity contribution in [3.63, 3.8) is 0 Å². The molecule has 2 aliphatic heterocycles. The number of hydrogen-bond acceptors (Lipinski definition) is 4. The molecular weight excluding hydrogens is 220 g/mol. The van der Waals surface area contributed by atoms with Crippen LogP contribution >= 0.6 is 0 Å². The summed E-state index contributed by atoms with van der Waals surface area (Å²) in [5, 5.41) is 0. The molecule has 0 radical (unpaired) electrons. The maximum Gasteiger partial charge on any atom is 0.309 e. The molecule has 3 rings (SSSR count). The zero-order chi connectivity index (χ0) is 11.7. The summed E-state index contributed by atoms with van der Waals surface area (Å²) in [6.07, 6.45) is 7.32. The van der Waals surface area contributed by atoms with Crippen LogP contribution < -0.4 is 0 Å². The summed E-state index contributed by atoms with van der Waals surface area (Å²) >= 11 is 0. The number of carbonyl (C=O) groups excluding carboxylic acids is 1. The van der Waals surface area contributed by atoms with Crippen LogP contribution in [-0.4, -0.2) is 25.8 Å². The van der Waals surface area contributed by atoms with Gasteiger partial charge in [0.15, 0.2) is 0 Å². The first-order chi connectivity index (χ1) is 8.34. The maximum absolute atomic E-state index is 11.5. The third-order valence-electron chi connectivity index (χ3n) is 3.08. The van der Waals surface area contributed by atoms with Crippen molar-refractivity contribution in [1.82, 2.24) is 0 Å². The maximum atomic E-state index is 11.5. The van der Waals surface area contributed by atoms with E-state index in [4.69, 9.17) is 14.2 Å². The topological polar surface area (TPSA) is 44.8 Å². The van der Waals surface area contributed by atoms with Crippen LogP contribution in [0.25, 0.3) is 0 Å². The molecule has 4 nitrogen and oxygen atoms in total. The lowest BCUT2D eigenvalue weighted by Crippen LogP contribution is -2.18. The standard InChI is InChI=1S/C13H14O4/c14-13(9-1-2-9)17-7-10-3-6-16-12-4-5-15-8-11(10)12/h3-5,9H,1-2,6-8H2.